The van der Waals surface area contributed by atoms with Crippen LogP contribution in [0.5, 0.6) is 0 Å². The van der Waals surface area contributed by atoms with E-state index < -0.39 is 0 Å². The van der Waals surface area contributed by atoms with Gasteiger partial charge in [-0.1, -0.05) is 21.1 Å². The molecule has 0 amide bonds. The zero-order valence-corrected chi connectivity index (χ0v) is 16.5. The van der Waals surface area contributed by atoms with E-state index in [4.69, 9.17) is 14.2 Å². The van der Waals surface area contributed by atoms with Crippen molar-refractivity contribution in [2.45, 2.75) is 38.3 Å². The summed E-state index contributed by atoms with van der Waals surface area (Å²) < 4.78 is 14.2. The molecule has 0 bridgehead atoms. The minimum absolute atomic E-state index is 0.237. The molecule has 2 atom stereocenters. The van der Waals surface area contributed by atoms with Gasteiger partial charge in [-0.15, -0.1) is 0 Å². The first-order chi connectivity index (χ1) is 13.2. The van der Waals surface area contributed by atoms with E-state index in [0.717, 1.165) is 57.4 Å². The van der Waals surface area contributed by atoms with Gasteiger partial charge in [-0.3, -0.25) is 4.98 Å². The van der Waals surface area contributed by atoms with Gasteiger partial charge in [0.25, 0.3) is 0 Å². The Labute approximate surface area is 164 Å². The molecule has 6 nitrogen and oxygen atoms in total. The number of hydrogen-bond acceptors (Lipinski definition) is 5. The highest BCUT2D eigenvalue weighted by atomic mass is 79.9. The van der Waals surface area contributed by atoms with Gasteiger partial charge in [-0.05, 0) is 38.0 Å². The van der Waals surface area contributed by atoms with E-state index in [0.29, 0.717) is 12.5 Å². The van der Waals surface area contributed by atoms with Crippen molar-refractivity contribution < 1.29 is 9.26 Å². The van der Waals surface area contributed by atoms with E-state index in [1.807, 2.05) is 24.4 Å². The number of halogens is 1. The first-order valence-electron chi connectivity index (χ1n) is 9.15. The van der Waals surface area contributed by atoms with E-state index in [1.54, 1.807) is 6.26 Å². The van der Waals surface area contributed by atoms with Gasteiger partial charge >= 0.3 is 0 Å². The van der Waals surface area contributed by atoms with Gasteiger partial charge in [0, 0.05) is 28.6 Å². The molecular formula is C20H19BrN4O2. The van der Waals surface area contributed by atoms with Crippen LogP contribution in [0.3, 0.4) is 0 Å². The van der Waals surface area contributed by atoms with Crippen LogP contribution in [-0.2, 0) is 11.2 Å². The lowest BCUT2D eigenvalue weighted by Gasteiger charge is -2.30. The smallest absolute Gasteiger partial charge is 0.124 e. The summed E-state index contributed by atoms with van der Waals surface area (Å²) in [4.78, 5) is 9.54. The monoisotopic (exact) mass is 426 g/mol. The maximum atomic E-state index is 5.79. The van der Waals surface area contributed by atoms with Crippen molar-refractivity contribution in [3.8, 4) is 0 Å². The molecule has 0 saturated carbocycles. The summed E-state index contributed by atoms with van der Waals surface area (Å²) in [5.41, 5.74) is 3.90. The maximum Gasteiger partial charge on any atom is 0.124 e. The van der Waals surface area contributed by atoms with Gasteiger partial charge in [-0.25, -0.2) is 4.98 Å². The Morgan fingerprint density at radius 3 is 3.00 bits per heavy atom. The zero-order chi connectivity index (χ0) is 18.4. The molecular weight excluding hydrogens is 408 g/mol. The molecule has 1 saturated heterocycles. The highest BCUT2D eigenvalue weighted by molar-refractivity contribution is 9.10. The number of pyridine rings is 1. The van der Waals surface area contributed by atoms with Gasteiger partial charge in [0.2, 0.25) is 0 Å². The Hall–Kier alpha value is -2.25. The van der Waals surface area contributed by atoms with Crippen LogP contribution in [0.2, 0.25) is 0 Å². The highest BCUT2D eigenvalue weighted by Gasteiger charge is 2.26. The molecule has 4 aromatic rings. The highest BCUT2D eigenvalue weighted by Crippen LogP contribution is 2.34. The fraction of sp³-hybridized carbons (Fsp3) is 0.350. The van der Waals surface area contributed by atoms with Crippen molar-refractivity contribution in [2.75, 3.05) is 6.61 Å². The van der Waals surface area contributed by atoms with Crippen LogP contribution in [0.15, 0.2) is 45.7 Å². The van der Waals surface area contributed by atoms with Gasteiger partial charge < -0.3 is 13.8 Å². The maximum absolute atomic E-state index is 5.79. The fourth-order valence-corrected chi connectivity index (χ4v) is 4.38. The largest absolute Gasteiger partial charge is 0.378 e. The van der Waals surface area contributed by atoms with Crippen molar-refractivity contribution in [1.29, 1.82) is 0 Å². The average molecular weight is 427 g/mol. The lowest BCUT2D eigenvalue weighted by atomic mass is 10.0. The van der Waals surface area contributed by atoms with Gasteiger partial charge in [0.1, 0.15) is 17.6 Å². The normalized spacial score (nSPS) is 20.5. The third-order valence-electron chi connectivity index (χ3n) is 5.20. The molecule has 4 heterocycles. The van der Waals surface area contributed by atoms with Gasteiger partial charge in [0.05, 0.1) is 35.4 Å². The first-order valence-corrected chi connectivity index (χ1v) is 9.94. The van der Waals surface area contributed by atoms with Crippen molar-refractivity contribution in [2.24, 2.45) is 0 Å². The number of ether oxygens (including phenoxy) is 1. The molecule has 3 aromatic heterocycles. The second-order valence-corrected chi connectivity index (χ2v) is 7.99. The minimum atomic E-state index is 0.237. The Morgan fingerprint density at radius 2 is 2.19 bits per heavy atom. The van der Waals surface area contributed by atoms with E-state index in [2.05, 4.69) is 43.6 Å². The summed E-state index contributed by atoms with van der Waals surface area (Å²) in [5, 5.41) is 5.19. The molecule has 138 valence electrons. The van der Waals surface area contributed by atoms with Crippen LogP contribution in [-0.4, -0.2) is 32.4 Å². The number of imidazole rings is 1. The Balaban J connectivity index is 1.76. The molecule has 5 rings (SSSR count). The minimum Gasteiger partial charge on any atom is -0.378 e. The van der Waals surface area contributed by atoms with Crippen LogP contribution in [0.1, 0.15) is 37.3 Å². The van der Waals surface area contributed by atoms with Gasteiger partial charge in [0.15, 0.2) is 0 Å². The number of aromatic nitrogens is 4. The van der Waals surface area contributed by atoms with E-state index in [-0.39, 0.29) is 6.10 Å². The molecule has 7 heteroatoms. The molecule has 1 aliphatic rings. The van der Waals surface area contributed by atoms with Crippen molar-refractivity contribution in [1.82, 2.24) is 19.7 Å². The molecule has 1 fully saturated rings. The molecule has 0 unspecified atom stereocenters. The van der Waals surface area contributed by atoms with Crippen LogP contribution < -0.4 is 0 Å². The Bertz CT molecular complexity index is 1110. The molecule has 27 heavy (non-hydrogen) atoms. The summed E-state index contributed by atoms with van der Waals surface area (Å²) in [7, 11) is 0. The molecule has 0 aliphatic carbocycles. The third kappa shape index (κ3) is 3.04. The second-order valence-electron chi connectivity index (χ2n) is 7.08. The quantitative estimate of drug-likeness (QED) is 0.476. The standard InChI is InChI=1S/C20H19BrN4O2/c1-12-8-15(5-6-26-12)25-19(10-14-4-7-27-24-14)23-18-11-22-17-3-2-13(21)9-16(17)20(18)25/h2-4,7,9,11-12,15H,5-6,8,10H2,1H3/t12-,15-/m1/s1. The number of nitrogens with zero attached hydrogens (tertiary/aromatic N) is 4. The van der Waals surface area contributed by atoms with E-state index in [9.17, 15) is 0 Å². The second kappa shape index (κ2) is 6.73. The van der Waals surface area contributed by atoms with E-state index >= 15 is 0 Å². The van der Waals surface area contributed by atoms with Crippen molar-refractivity contribution in [3.63, 3.8) is 0 Å². The van der Waals surface area contributed by atoms with Crippen LogP contribution in [0, 0.1) is 0 Å². The number of benzene rings is 1. The topological polar surface area (TPSA) is 66.0 Å². The summed E-state index contributed by atoms with van der Waals surface area (Å²) >= 11 is 3.60. The Morgan fingerprint density at radius 1 is 1.26 bits per heavy atom. The first kappa shape index (κ1) is 16.9. The number of fused-ring (bicyclic) bond motifs is 3. The molecule has 1 aromatic carbocycles. The third-order valence-corrected chi connectivity index (χ3v) is 5.70. The Kier molecular flexibility index (Phi) is 4.21. The average Bonchev–Trinajstić information content (AvgIpc) is 3.29. The molecule has 0 radical (unpaired) electrons. The molecule has 1 aliphatic heterocycles. The lowest BCUT2D eigenvalue weighted by molar-refractivity contribution is 0.00630. The summed E-state index contributed by atoms with van der Waals surface area (Å²) in [6.07, 6.45) is 6.28. The molecule has 0 N–H and O–H groups in total. The predicted octanol–water partition coefficient (Wildman–Crippen LogP) is 4.67. The fourth-order valence-electron chi connectivity index (χ4n) is 4.01. The van der Waals surface area contributed by atoms with Crippen LogP contribution >= 0.6 is 15.9 Å². The van der Waals surface area contributed by atoms with Crippen LogP contribution in [0.25, 0.3) is 21.9 Å². The van der Waals surface area contributed by atoms with Crippen molar-refractivity contribution in [3.05, 3.63) is 52.7 Å². The number of rotatable bonds is 3. The lowest BCUT2D eigenvalue weighted by Crippen LogP contribution is -2.26. The predicted molar refractivity (Wildman–Crippen MR) is 106 cm³/mol. The zero-order valence-electron chi connectivity index (χ0n) is 14.9. The van der Waals surface area contributed by atoms with Crippen molar-refractivity contribution >= 4 is 37.9 Å². The SMILES string of the molecule is C[C@@H]1C[C@H](n2c(Cc3ccon3)nc3cnc4ccc(Br)cc4c32)CCO1. The van der Waals surface area contributed by atoms with Crippen LogP contribution in [0.4, 0.5) is 0 Å². The summed E-state index contributed by atoms with van der Waals surface area (Å²) in [5.74, 6) is 0.993. The summed E-state index contributed by atoms with van der Waals surface area (Å²) in [6.45, 7) is 2.90. The van der Waals surface area contributed by atoms with Gasteiger partial charge in [-0.2, -0.15) is 0 Å². The summed E-state index contributed by atoms with van der Waals surface area (Å²) in [6, 6.07) is 8.43. The number of hydrogen-bond donors (Lipinski definition) is 0. The van der Waals surface area contributed by atoms with E-state index in [1.165, 1.54) is 0 Å². The molecule has 0 spiro atoms.